The summed E-state index contributed by atoms with van der Waals surface area (Å²) in [5.74, 6) is 1.38. The van der Waals surface area contributed by atoms with Crippen LogP contribution in [0, 0.1) is 5.92 Å². The van der Waals surface area contributed by atoms with Gasteiger partial charge in [0.1, 0.15) is 18.2 Å². The Labute approximate surface area is 244 Å². The third kappa shape index (κ3) is 5.66. The number of nitrogens with zero attached hydrogens (tertiary/aromatic N) is 3. The van der Waals surface area contributed by atoms with E-state index in [-0.39, 0.29) is 12.4 Å². The first-order valence-corrected chi connectivity index (χ1v) is 14.3. The third-order valence-corrected chi connectivity index (χ3v) is 7.73. The molecule has 0 amide bonds. The lowest BCUT2D eigenvalue weighted by atomic mass is 9.97. The number of esters is 1. The van der Waals surface area contributed by atoms with Gasteiger partial charge in [-0.2, -0.15) is 5.10 Å². The molecule has 216 valence electrons. The maximum Gasteiger partial charge on any atom is 0.310 e. The summed E-state index contributed by atoms with van der Waals surface area (Å²) in [4.78, 5) is 16.7. The van der Waals surface area contributed by atoms with Crippen LogP contribution in [0.3, 0.4) is 0 Å². The van der Waals surface area contributed by atoms with Crippen LogP contribution in [0.1, 0.15) is 23.7 Å². The summed E-state index contributed by atoms with van der Waals surface area (Å²) < 4.78 is 19.1. The largest absolute Gasteiger partial charge is 0.487 e. The Hall–Kier alpha value is -4.47. The molecule has 0 saturated carbocycles. The number of methoxy groups -OCH3 is 1. The molecule has 0 radical (unpaired) electrons. The van der Waals surface area contributed by atoms with Gasteiger partial charge < -0.3 is 25.3 Å². The van der Waals surface area contributed by atoms with Crippen LogP contribution in [0.25, 0.3) is 32.8 Å². The predicted octanol–water partition coefficient (Wildman–Crippen LogP) is 4.88. The van der Waals surface area contributed by atoms with Crippen molar-refractivity contribution in [3.05, 3.63) is 83.7 Å². The van der Waals surface area contributed by atoms with Crippen molar-refractivity contribution in [1.29, 1.82) is 0 Å². The normalized spacial score (nSPS) is 13.4. The first-order valence-electron chi connectivity index (χ1n) is 14.3. The fourth-order valence-corrected chi connectivity index (χ4v) is 5.54. The fraction of sp³-hybridized carbons (Fsp3) is 0.303. The molecule has 1 fully saturated rings. The Kier molecular flexibility index (Phi) is 8.03. The van der Waals surface area contributed by atoms with Crippen molar-refractivity contribution in [1.82, 2.24) is 20.1 Å². The number of carbonyl (C=O) groups excluding carboxylic acids is 1. The molecule has 5 aromatic rings. The van der Waals surface area contributed by atoms with Crippen molar-refractivity contribution in [2.75, 3.05) is 32.5 Å². The summed E-state index contributed by atoms with van der Waals surface area (Å²) in [6.45, 7) is 5.62. The second-order valence-electron chi connectivity index (χ2n) is 10.6. The smallest absolute Gasteiger partial charge is 0.310 e. The van der Waals surface area contributed by atoms with E-state index in [1.54, 1.807) is 20.2 Å². The number of nitrogens with one attached hydrogen (secondary N) is 1. The first kappa shape index (κ1) is 27.7. The van der Waals surface area contributed by atoms with Crippen molar-refractivity contribution in [2.45, 2.75) is 33.1 Å². The Morgan fingerprint density at radius 2 is 1.93 bits per heavy atom. The molecule has 3 aromatic carbocycles. The molecule has 1 saturated heterocycles. The molecule has 0 atom stereocenters. The number of benzene rings is 3. The van der Waals surface area contributed by atoms with Crippen LogP contribution < -0.4 is 15.8 Å². The number of hydrogen-bond donors (Lipinski definition) is 2. The molecule has 0 aliphatic carbocycles. The number of aromatic nitrogens is 3. The lowest BCUT2D eigenvalue weighted by molar-refractivity contribution is -0.142. The van der Waals surface area contributed by atoms with Gasteiger partial charge in [-0.25, -0.2) is 4.98 Å². The van der Waals surface area contributed by atoms with E-state index >= 15 is 0 Å². The molecule has 9 nitrogen and oxygen atoms in total. The molecule has 3 N–H and O–H groups in total. The molecule has 42 heavy (non-hydrogen) atoms. The number of carbonyl (C=O) groups is 1. The quantitative estimate of drug-likeness (QED) is 0.218. The van der Waals surface area contributed by atoms with E-state index in [0.717, 1.165) is 69.3 Å². The number of ether oxygens (including phenoxy) is 3. The number of fused-ring (bicyclic) bond motifs is 2. The predicted molar refractivity (Wildman–Crippen MR) is 163 cm³/mol. The van der Waals surface area contributed by atoms with Gasteiger partial charge in [0.05, 0.1) is 30.8 Å². The maximum absolute atomic E-state index is 12.4. The van der Waals surface area contributed by atoms with E-state index in [2.05, 4.69) is 39.2 Å². The summed E-state index contributed by atoms with van der Waals surface area (Å²) in [6.07, 6.45) is 1.87. The average molecular weight is 566 g/mol. The number of anilines is 1. The van der Waals surface area contributed by atoms with Gasteiger partial charge in [0.25, 0.3) is 0 Å². The van der Waals surface area contributed by atoms with Gasteiger partial charge in [0.15, 0.2) is 0 Å². The standard InChI is InChI=1S/C33H35N5O4/c1-3-41-32(39)15-24-13-21(19-40-2)7-10-31(24)42-20-30-28-14-23(8-9-29(28)37-38(30)18-22-16-35-17-22)25-5-4-6-27-26(25)11-12-36-33(27)34/h4-14,22,35H,3,15-20H2,1-2H3,(H2,34,36). The molecule has 0 unspecified atom stereocenters. The zero-order valence-corrected chi connectivity index (χ0v) is 23.9. The lowest BCUT2D eigenvalue weighted by Crippen LogP contribution is -2.44. The topological polar surface area (TPSA) is 114 Å². The van der Waals surface area contributed by atoms with Crippen molar-refractivity contribution >= 4 is 33.5 Å². The number of pyridine rings is 1. The summed E-state index contributed by atoms with van der Waals surface area (Å²) in [5.41, 5.74) is 12.0. The van der Waals surface area contributed by atoms with Crippen molar-refractivity contribution < 1.29 is 19.0 Å². The molecule has 1 aliphatic heterocycles. The van der Waals surface area contributed by atoms with Gasteiger partial charge in [0.2, 0.25) is 0 Å². The number of nitrogens with two attached hydrogens (primary N) is 1. The third-order valence-electron chi connectivity index (χ3n) is 7.73. The molecule has 9 heteroatoms. The molecule has 3 heterocycles. The van der Waals surface area contributed by atoms with Crippen LogP contribution in [0.4, 0.5) is 5.82 Å². The number of hydrogen-bond acceptors (Lipinski definition) is 8. The highest BCUT2D eigenvalue weighted by Crippen LogP contribution is 2.34. The Morgan fingerprint density at radius 3 is 2.71 bits per heavy atom. The SMILES string of the molecule is CCOC(=O)Cc1cc(COC)ccc1OCc1c2cc(-c3cccc4c(N)nccc34)ccc2nn1CC1CNC1. The van der Waals surface area contributed by atoms with Crippen molar-refractivity contribution in [2.24, 2.45) is 5.92 Å². The van der Waals surface area contributed by atoms with Gasteiger partial charge >= 0.3 is 5.97 Å². The van der Waals surface area contributed by atoms with E-state index in [0.29, 0.717) is 37.3 Å². The zero-order valence-electron chi connectivity index (χ0n) is 23.9. The number of nitrogen functional groups attached to an aromatic ring is 1. The second kappa shape index (κ2) is 12.2. The maximum atomic E-state index is 12.4. The van der Waals surface area contributed by atoms with Gasteiger partial charge in [-0.1, -0.05) is 30.3 Å². The van der Waals surface area contributed by atoms with E-state index < -0.39 is 0 Å². The van der Waals surface area contributed by atoms with Crippen LogP contribution in [0.5, 0.6) is 5.75 Å². The average Bonchev–Trinajstić information content (AvgIpc) is 3.31. The van der Waals surface area contributed by atoms with Crippen molar-refractivity contribution in [3.8, 4) is 16.9 Å². The highest BCUT2D eigenvalue weighted by molar-refractivity contribution is 6.02. The van der Waals surface area contributed by atoms with Crippen LogP contribution >= 0.6 is 0 Å². The van der Waals surface area contributed by atoms with E-state index in [4.69, 9.17) is 25.0 Å². The van der Waals surface area contributed by atoms with Gasteiger partial charge in [-0.15, -0.1) is 0 Å². The minimum atomic E-state index is -0.291. The van der Waals surface area contributed by atoms with Crippen LogP contribution in [-0.2, 0) is 40.4 Å². The van der Waals surface area contributed by atoms with E-state index in [9.17, 15) is 4.79 Å². The Morgan fingerprint density at radius 1 is 1.05 bits per heavy atom. The fourth-order valence-electron chi connectivity index (χ4n) is 5.54. The molecule has 0 spiro atoms. The molecule has 1 aliphatic rings. The molecular weight excluding hydrogens is 530 g/mol. The first-order chi connectivity index (χ1) is 20.5. The minimum absolute atomic E-state index is 0.123. The summed E-state index contributed by atoms with van der Waals surface area (Å²) >= 11 is 0. The number of rotatable bonds is 11. The molecule has 2 aromatic heterocycles. The molecule has 0 bridgehead atoms. The summed E-state index contributed by atoms with van der Waals surface area (Å²) in [7, 11) is 1.65. The van der Waals surface area contributed by atoms with E-state index in [1.165, 1.54) is 0 Å². The lowest BCUT2D eigenvalue weighted by Gasteiger charge is -2.27. The Balaban J connectivity index is 1.38. The highest BCUT2D eigenvalue weighted by atomic mass is 16.5. The van der Waals surface area contributed by atoms with Crippen LogP contribution in [0.2, 0.25) is 0 Å². The van der Waals surface area contributed by atoms with Crippen molar-refractivity contribution in [3.63, 3.8) is 0 Å². The van der Waals surface area contributed by atoms with Crippen LogP contribution in [0.15, 0.2) is 66.9 Å². The minimum Gasteiger partial charge on any atom is -0.487 e. The monoisotopic (exact) mass is 565 g/mol. The van der Waals surface area contributed by atoms with E-state index in [1.807, 2.05) is 36.4 Å². The van der Waals surface area contributed by atoms with Crippen LogP contribution in [-0.4, -0.2) is 47.5 Å². The van der Waals surface area contributed by atoms with Gasteiger partial charge in [0, 0.05) is 55.2 Å². The highest BCUT2D eigenvalue weighted by Gasteiger charge is 2.22. The summed E-state index contributed by atoms with van der Waals surface area (Å²) in [5, 5.41) is 11.3. The Bertz CT molecular complexity index is 1740. The van der Waals surface area contributed by atoms with Gasteiger partial charge in [-0.3, -0.25) is 9.48 Å². The van der Waals surface area contributed by atoms with Gasteiger partial charge in [-0.05, 0) is 59.3 Å². The summed E-state index contributed by atoms with van der Waals surface area (Å²) in [6, 6.07) is 20.3. The molecular formula is C33H35N5O4. The zero-order chi connectivity index (χ0) is 29.1. The molecule has 6 rings (SSSR count). The second-order valence-corrected chi connectivity index (χ2v) is 10.6.